The Balaban J connectivity index is 3.75. The molecule has 3 heteroatoms. The normalized spacial score (nSPS) is 12.0. The second kappa shape index (κ2) is 4.34. The average Bonchev–Trinajstić information content (AvgIpc) is 1.58. The molecule has 1 atom stereocenters. The van der Waals surface area contributed by atoms with Crippen LogP contribution in [-0.2, 0) is 9.53 Å². The molecule has 0 aliphatic heterocycles. The molecule has 0 heterocycles. The Hall–Kier alpha value is -0.500. The quantitative estimate of drug-likeness (QED) is 0.353. The van der Waals surface area contributed by atoms with E-state index in [9.17, 15) is 4.79 Å². The van der Waals surface area contributed by atoms with E-state index in [1.165, 1.54) is 6.92 Å². The van der Waals surface area contributed by atoms with Crippen molar-refractivity contribution in [2.75, 3.05) is 0 Å². The summed E-state index contributed by atoms with van der Waals surface area (Å²) in [4.78, 5) is 10.3. The topological polar surface area (TPSA) is 26.3 Å². The lowest BCUT2D eigenvalue weighted by molar-refractivity contribution is -0.141. The number of alkyl halides is 1. The summed E-state index contributed by atoms with van der Waals surface area (Å²) in [6, 6.07) is 0. The van der Waals surface area contributed by atoms with Gasteiger partial charge in [-0.05, 0) is 19.9 Å². The number of halogens is 1. The predicted octanol–water partition coefficient (Wildman–Crippen LogP) is 2.08. The third-order valence-corrected chi connectivity index (χ3v) is 0.958. The van der Waals surface area contributed by atoms with Gasteiger partial charge in [0.15, 0.2) is 5.56 Å². The van der Waals surface area contributed by atoms with Gasteiger partial charge in [-0.3, -0.25) is 4.79 Å². The molecule has 0 aliphatic carbocycles. The van der Waals surface area contributed by atoms with Gasteiger partial charge in [-0.25, -0.2) is 0 Å². The van der Waals surface area contributed by atoms with Crippen molar-refractivity contribution in [3.05, 3.63) is 11.6 Å². The van der Waals surface area contributed by atoms with Crippen LogP contribution in [0.25, 0.3) is 0 Å². The first-order valence-electron chi connectivity index (χ1n) is 2.98. The molecule has 0 aromatic heterocycles. The number of carbonyl (C=O) groups excluding carboxylic acids is 1. The monoisotopic (exact) mass is 162 g/mol. The van der Waals surface area contributed by atoms with E-state index in [2.05, 4.69) is 4.74 Å². The zero-order valence-corrected chi connectivity index (χ0v) is 7.11. The Labute approximate surface area is 65.8 Å². The minimum Gasteiger partial charge on any atom is -0.442 e. The number of esters is 1. The van der Waals surface area contributed by atoms with Crippen molar-refractivity contribution >= 4 is 17.6 Å². The maximum atomic E-state index is 10.3. The summed E-state index contributed by atoms with van der Waals surface area (Å²) >= 11 is 5.55. The zero-order chi connectivity index (χ0) is 8.15. The molecule has 0 aromatic carbocycles. The van der Waals surface area contributed by atoms with Gasteiger partial charge in [-0.15, -0.1) is 0 Å². The molecule has 0 rings (SSSR count). The van der Waals surface area contributed by atoms with Crippen LogP contribution in [-0.4, -0.2) is 11.5 Å². The Morgan fingerprint density at radius 1 is 1.50 bits per heavy atom. The molecule has 1 unspecified atom stereocenters. The van der Waals surface area contributed by atoms with Gasteiger partial charge in [0, 0.05) is 6.92 Å². The van der Waals surface area contributed by atoms with Crippen LogP contribution in [0.2, 0.25) is 0 Å². The number of carbonyl (C=O) groups is 1. The second-order valence-corrected chi connectivity index (χ2v) is 2.63. The Morgan fingerprint density at radius 2 is 2.00 bits per heavy atom. The van der Waals surface area contributed by atoms with Crippen LogP contribution in [0.4, 0.5) is 0 Å². The van der Waals surface area contributed by atoms with Crippen LogP contribution < -0.4 is 0 Å². The highest BCUT2D eigenvalue weighted by Crippen LogP contribution is 2.03. The fraction of sp³-hybridized carbons (Fsp3) is 0.571. The van der Waals surface area contributed by atoms with Crippen molar-refractivity contribution in [2.45, 2.75) is 26.3 Å². The van der Waals surface area contributed by atoms with E-state index < -0.39 is 5.56 Å². The molecule has 0 spiro atoms. The van der Waals surface area contributed by atoms with Gasteiger partial charge in [0.05, 0.1) is 0 Å². The van der Waals surface area contributed by atoms with Crippen molar-refractivity contribution in [3.63, 3.8) is 0 Å². The minimum absolute atomic E-state index is 0.363. The summed E-state index contributed by atoms with van der Waals surface area (Å²) in [6.45, 7) is 5.10. The van der Waals surface area contributed by atoms with E-state index in [1.807, 2.05) is 13.8 Å². The summed E-state index contributed by atoms with van der Waals surface area (Å²) in [6.07, 6.45) is 1.67. The highest BCUT2D eigenvalue weighted by Gasteiger charge is 2.01. The van der Waals surface area contributed by atoms with Crippen LogP contribution in [0.1, 0.15) is 20.8 Å². The van der Waals surface area contributed by atoms with Crippen LogP contribution in [0, 0.1) is 0 Å². The summed E-state index contributed by atoms with van der Waals surface area (Å²) in [5.74, 6) is -0.363. The van der Waals surface area contributed by atoms with Crippen LogP contribution in [0.5, 0.6) is 0 Å². The third kappa shape index (κ3) is 5.63. The molecule has 10 heavy (non-hydrogen) atoms. The van der Waals surface area contributed by atoms with Gasteiger partial charge in [-0.2, -0.15) is 0 Å². The highest BCUT2D eigenvalue weighted by molar-refractivity contribution is 6.21. The van der Waals surface area contributed by atoms with Crippen molar-refractivity contribution in [1.82, 2.24) is 0 Å². The van der Waals surface area contributed by atoms with Gasteiger partial charge < -0.3 is 4.74 Å². The maximum absolute atomic E-state index is 10.3. The molecule has 0 N–H and O–H groups in total. The highest BCUT2D eigenvalue weighted by atomic mass is 35.5. The first-order chi connectivity index (χ1) is 4.52. The van der Waals surface area contributed by atoms with Gasteiger partial charge in [-0.1, -0.05) is 17.2 Å². The standard InChI is InChI=1S/C7H11ClO2/c1-5(2)4-7(8)10-6(3)9/h4,7H,1-3H3. The average molecular weight is 163 g/mol. The molecule has 58 valence electrons. The van der Waals surface area contributed by atoms with Crippen LogP contribution in [0.3, 0.4) is 0 Å². The Morgan fingerprint density at radius 3 is 2.30 bits per heavy atom. The molecule has 0 saturated carbocycles. The number of rotatable bonds is 2. The van der Waals surface area contributed by atoms with Gasteiger partial charge >= 0.3 is 5.97 Å². The number of allylic oxidation sites excluding steroid dienone is 1. The lowest BCUT2D eigenvalue weighted by Crippen LogP contribution is -2.06. The van der Waals surface area contributed by atoms with Gasteiger partial charge in [0.25, 0.3) is 0 Å². The first kappa shape index (κ1) is 9.50. The lowest BCUT2D eigenvalue weighted by atomic mass is 10.3. The van der Waals surface area contributed by atoms with Crippen molar-refractivity contribution in [1.29, 1.82) is 0 Å². The summed E-state index contributed by atoms with van der Waals surface area (Å²) < 4.78 is 4.61. The molecule has 0 aliphatic rings. The summed E-state index contributed by atoms with van der Waals surface area (Å²) in [7, 11) is 0. The van der Waals surface area contributed by atoms with Crippen LogP contribution in [0.15, 0.2) is 11.6 Å². The molecular formula is C7H11ClO2. The van der Waals surface area contributed by atoms with Crippen molar-refractivity contribution < 1.29 is 9.53 Å². The van der Waals surface area contributed by atoms with E-state index in [-0.39, 0.29) is 5.97 Å². The first-order valence-corrected chi connectivity index (χ1v) is 3.42. The summed E-state index contributed by atoms with van der Waals surface area (Å²) in [5, 5.41) is 0. The van der Waals surface area contributed by atoms with Gasteiger partial charge in [0.1, 0.15) is 0 Å². The molecule has 0 radical (unpaired) electrons. The largest absolute Gasteiger partial charge is 0.442 e. The molecule has 0 bridgehead atoms. The smallest absolute Gasteiger partial charge is 0.304 e. The lowest BCUT2D eigenvalue weighted by Gasteiger charge is -2.03. The van der Waals surface area contributed by atoms with E-state index in [1.54, 1.807) is 6.08 Å². The van der Waals surface area contributed by atoms with Crippen LogP contribution >= 0.6 is 11.6 Å². The van der Waals surface area contributed by atoms with Crippen molar-refractivity contribution in [3.8, 4) is 0 Å². The zero-order valence-electron chi connectivity index (χ0n) is 6.35. The number of hydrogen-bond acceptors (Lipinski definition) is 2. The van der Waals surface area contributed by atoms with Gasteiger partial charge in [0.2, 0.25) is 0 Å². The molecular weight excluding hydrogens is 152 g/mol. The van der Waals surface area contributed by atoms with E-state index in [0.29, 0.717) is 0 Å². The predicted molar refractivity (Wildman–Crippen MR) is 40.8 cm³/mol. The molecule has 0 fully saturated rings. The van der Waals surface area contributed by atoms with E-state index in [4.69, 9.17) is 11.6 Å². The Bertz CT molecular complexity index is 148. The number of ether oxygens (including phenoxy) is 1. The Kier molecular flexibility index (Phi) is 4.12. The molecule has 0 aromatic rings. The van der Waals surface area contributed by atoms with E-state index >= 15 is 0 Å². The van der Waals surface area contributed by atoms with Crippen molar-refractivity contribution in [2.24, 2.45) is 0 Å². The molecule has 0 saturated heterocycles. The molecule has 0 amide bonds. The number of hydrogen-bond donors (Lipinski definition) is 0. The molecule has 2 nitrogen and oxygen atoms in total. The van der Waals surface area contributed by atoms with E-state index in [0.717, 1.165) is 5.57 Å². The SMILES string of the molecule is CC(=O)OC(Cl)C=C(C)C. The maximum Gasteiger partial charge on any atom is 0.304 e. The fourth-order valence-electron chi connectivity index (χ4n) is 0.455. The summed E-state index contributed by atoms with van der Waals surface area (Å²) in [5.41, 5.74) is 0.406. The minimum atomic E-state index is -0.623. The third-order valence-electron chi connectivity index (χ3n) is 0.743. The fourth-order valence-corrected chi connectivity index (χ4v) is 0.832. The second-order valence-electron chi connectivity index (χ2n) is 2.20.